The minimum atomic E-state index is 0.0855. The molecular weight excluding hydrogens is 438 g/mol. The fraction of sp³-hybridized carbons (Fsp3) is 0.333. The van der Waals surface area contributed by atoms with Crippen LogP contribution in [0.15, 0.2) is 66.7 Å². The molecule has 0 radical (unpaired) electrons. The molecule has 0 spiro atoms. The van der Waals surface area contributed by atoms with Gasteiger partial charge in [-0.2, -0.15) is 0 Å². The van der Waals surface area contributed by atoms with Gasteiger partial charge >= 0.3 is 0 Å². The van der Waals surface area contributed by atoms with Crippen LogP contribution in [0.25, 0.3) is 6.08 Å². The summed E-state index contributed by atoms with van der Waals surface area (Å²) in [4.78, 5) is 0. The molecule has 0 aromatic heterocycles. The summed E-state index contributed by atoms with van der Waals surface area (Å²) in [5.74, 6) is 3.07. The van der Waals surface area contributed by atoms with Crippen LogP contribution in [-0.4, -0.2) is 27.4 Å². The lowest BCUT2D eigenvalue weighted by atomic mass is 9.93. The number of unbranched alkanes of at least 4 members (excludes halogenated alkanes) is 1. The predicted molar refractivity (Wildman–Crippen MR) is 141 cm³/mol. The third-order valence-corrected chi connectivity index (χ3v) is 6.18. The van der Waals surface area contributed by atoms with E-state index in [9.17, 15) is 0 Å². The normalized spacial score (nSPS) is 15.0. The zero-order valence-corrected chi connectivity index (χ0v) is 20.9. The van der Waals surface area contributed by atoms with Gasteiger partial charge in [-0.1, -0.05) is 61.9 Å². The monoisotopic (exact) mass is 473 g/mol. The van der Waals surface area contributed by atoms with E-state index < -0.39 is 0 Å². The molecule has 0 saturated carbocycles. The van der Waals surface area contributed by atoms with E-state index in [4.69, 9.17) is 18.9 Å². The first kappa shape index (κ1) is 24.7. The summed E-state index contributed by atoms with van der Waals surface area (Å²) in [5, 5.41) is 3.61. The smallest absolute Gasteiger partial charge is 0.161 e. The number of methoxy groups -OCH3 is 2. The third kappa shape index (κ3) is 6.37. The van der Waals surface area contributed by atoms with Crippen LogP contribution >= 0.6 is 0 Å². The quantitative estimate of drug-likeness (QED) is 0.328. The Kier molecular flexibility index (Phi) is 8.68. The fourth-order valence-corrected chi connectivity index (χ4v) is 4.22. The first-order valence-corrected chi connectivity index (χ1v) is 12.3. The van der Waals surface area contributed by atoms with Crippen LogP contribution in [-0.2, 0) is 13.0 Å². The van der Waals surface area contributed by atoms with E-state index in [-0.39, 0.29) is 6.04 Å². The maximum Gasteiger partial charge on any atom is 0.161 e. The molecule has 3 aromatic rings. The highest BCUT2D eigenvalue weighted by Gasteiger charge is 2.21. The Hall–Kier alpha value is -3.44. The summed E-state index contributed by atoms with van der Waals surface area (Å²) in [6.07, 6.45) is 7.39. The van der Waals surface area contributed by atoms with Crippen molar-refractivity contribution in [3.63, 3.8) is 0 Å². The van der Waals surface area contributed by atoms with Gasteiger partial charge in [-0.05, 0) is 59.4 Å². The van der Waals surface area contributed by atoms with Gasteiger partial charge < -0.3 is 24.3 Å². The molecule has 1 aliphatic rings. The molecule has 1 N–H and O–H groups in total. The van der Waals surface area contributed by atoms with Crippen molar-refractivity contribution >= 4 is 6.08 Å². The first-order chi connectivity index (χ1) is 17.2. The third-order valence-electron chi connectivity index (χ3n) is 6.18. The van der Waals surface area contributed by atoms with Crippen molar-refractivity contribution in [3.05, 3.63) is 89.0 Å². The maximum absolute atomic E-state index is 6.13. The lowest BCUT2D eigenvalue weighted by Gasteiger charge is -2.26. The highest BCUT2D eigenvalue weighted by Crippen LogP contribution is 2.37. The number of fused-ring (bicyclic) bond motifs is 1. The summed E-state index contributed by atoms with van der Waals surface area (Å²) >= 11 is 0. The van der Waals surface area contributed by atoms with Gasteiger partial charge in [0.05, 0.1) is 26.9 Å². The molecule has 1 unspecified atom stereocenters. The van der Waals surface area contributed by atoms with Gasteiger partial charge in [0.15, 0.2) is 23.0 Å². The molecule has 184 valence electrons. The Labute approximate surface area is 208 Å². The minimum Gasteiger partial charge on any atom is -0.493 e. The lowest BCUT2D eigenvalue weighted by Crippen LogP contribution is -2.28. The van der Waals surface area contributed by atoms with Crippen molar-refractivity contribution in [1.29, 1.82) is 0 Å². The molecular formula is C30H35NO4. The van der Waals surface area contributed by atoms with Gasteiger partial charge in [0.1, 0.15) is 6.61 Å². The Morgan fingerprint density at radius 1 is 0.886 bits per heavy atom. The number of ether oxygens (including phenoxy) is 4. The topological polar surface area (TPSA) is 49.0 Å². The SMILES string of the molecule is CCCCOc1cc(/C=C/C2NCCc3cc(OCc4ccccc4)c(OC)cc32)ccc1OC. The average molecular weight is 474 g/mol. The van der Waals surface area contributed by atoms with E-state index in [0.29, 0.717) is 13.2 Å². The van der Waals surface area contributed by atoms with E-state index >= 15 is 0 Å². The number of hydrogen-bond acceptors (Lipinski definition) is 5. The molecule has 0 saturated heterocycles. The second-order valence-corrected chi connectivity index (χ2v) is 8.63. The molecule has 4 rings (SSSR count). The second kappa shape index (κ2) is 12.3. The van der Waals surface area contributed by atoms with Gasteiger partial charge in [0.2, 0.25) is 0 Å². The summed E-state index contributed by atoms with van der Waals surface area (Å²) < 4.78 is 23.2. The molecule has 0 fully saturated rings. The van der Waals surface area contributed by atoms with Crippen LogP contribution in [0.2, 0.25) is 0 Å². The molecule has 0 amide bonds. The predicted octanol–water partition coefficient (Wildman–Crippen LogP) is 6.36. The lowest BCUT2D eigenvalue weighted by molar-refractivity contribution is 0.283. The summed E-state index contributed by atoms with van der Waals surface area (Å²) in [7, 11) is 3.36. The van der Waals surface area contributed by atoms with E-state index in [1.165, 1.54) is 11.1 Å². The van der Waals surface area contributed by atoms with E-state index in [1.807, 2.05) is 36.4 Å². The number of rotatable bonds is 11. The van der Waals surface area contributed by atoms with Crippen molar-refractivity contribution in [3.8, 4) is 23.0 Å². The van der Waals surface area contributed by atoms with E-state index in [2.05, 4.69) is 48.7 Å². The summed E-state index contributed by atoms with van der Waals surface area (Å²) in [6.45, 7) is 4.26. The van der Waals surface area contributed by atoms with Crippen molar-refractivity contribution in [1.82, 2.24) is 5.32 Å². The van der Waals surface area contributed by atoms with Crippen LogP contribution < -0.4 is 24.3 Å². The minimum absolute atomic E-state index is 0.0855. The fourth-order valence-electron chi connectivity index (χ4n) is 4.22. The van der Waals surface area contributed by atoms with E-state index in [1.54, 1.807) is 14.2 Å². The number of hydrogen-bond donors (Lipinski definition) is 1. The van der Waals surface area contributed by atoms with Crippen molar-refractivity contribution < 1.29 is 18.9 Å². The van der Waals surface area contributed by atoms with Crippen LogP contribution in [0, 0.1) is 0 Å². The highest BCUT2D eigenvalue weighted by molar-refractivity contribution is 5.58. The van der Waals surface area contributed by atoms with Crippen molar-refractivity contribution in [2.24, 2.45) is 0 Å². The molecule has 5 heteroatoms. The summed E-state index contributed by atoms with van der Waals surface area (Å²) in [5.41, 5.74) is 4.69. The van der Waals surface area contributed by atoms with Gasteiger partial charge in [0, 0.05) is 6.54 Å². The molecule has 0 bridgehead atoms. The molecule has 3 aromatic carbocycles. The van der Waals surface area contributed by atoms with Crippen molar-refractivity contribution in [2.45, 2.75) is 38.8 Å². The van der Waals surface area contributed by atoms with Crippen LogP contribution in [0.4, 0.5) is 0 Å². The first-order valence-electron chi connectivity index (χ1n) is 12.3. The number of benzene rings is 3. The Morgan fingerprint density at radius 3 is 2.46 bits per heavy atom. The largest absolute Gasteiger partial charge is 0.493 e. The molecule has 1 aliphatic heterocycles. The zero-order chi connectivity index (χ0) is 24.5. The van der Waals surface area contributed by atoms with Gasteiger partial charge in [-0.15, -0.1) is 0 Å². The summed E-state index contributed by atoms with van der Waals surface area (Å²) in [6, 6.07) is 20.5. The molecule has 0 aliphatic carbocycles. The Balaban J connectivity index is 1.52. The Morgan fingerprint density at radius 2 is 1.69 bits per heavy atom. The molecule has 5 nitrogen and oxygen atoms in total. The number of nitrogens with one attached hydrogen (secondary N) is 1. The highest BCUT2D eigenvalue weighted by atomic mass is 16.5. The standard InChI is InChI=1S/C30H35NO4/c1-4-5-17-34-29-18-22(12-14-27(29)32-2)11-13-26-25-20-28(33-3)30(19-24(25)15-16-31-26)35-21-23-9-7-6-8-10-23/h6-14,18-20,26,31H,4-5,15-17,21H2,1-3H3/b13-11+. The van der Waals surface area contributed by atoms with Gasteiger partial charge in [-0.3, -0.25) is 0 Å². The molecule has 35 heavy (non-hydrogen) atoms. The Bertz CT molecular complexity index is 1130. The van der Waals surface area contributed by atoms with Crippen LogP contribution in [0.5, 0.6) is 23.0 Å². The van der Waals surface area contributed by atoms with E-state index in [0.717, 1.165) is 59.9 Å². The average Bonchev–Trinajstić information content (AvgIpc) is 2.91. The van der Waals surface area contributed by atoms with Gasteiger partial charge in [-0.25, -0.2) is 0 Å². The zero-order valence-electron chi connectivity index (χ0n) is 20.9. The van der Waals surface area contributed by atoms with Crippen LogP contribution in [0.3, 0.4) is 0 Å². The van der Waals surface area contributed by atoms with Crippen LogP contribution in [0.1, 0.15) is 48.1 Å². The molecule has 1 heterocycles. The van der Waals surface area contributed by atoms with Crippen molar-refractivity contribution in [2.75, 3.05) is 27.4 Å². The maximum atomic E-state index is 6.13. The second-order valence-electron chi connectivity index (χ2n) is 8.63. The molecule has 1 atom stereocenters. The van der Waals surface area contributed by atoms with Gasteiger partial charge in [0.25, 0.3) is 0 Å².